The predicted octanol–water partition coefficient (Wildman–Crippen LogP) is 1.83. The number of aromatic nitrogens is 1. The Kier molecular flexibility index (Phi) is 3.96. The molecule has 0 bridgehead atoms. The Morgan fingerprint density at radius 3 is 2.89 bits per heavy atom. The normalized spacial score (nSPS) is 22.7. The minimum Gasteiger partial charge on any atom is -0.481 e. The molecule has 96 valence electrons. The fourth-order valence-corrected chi connectivity index (χ4v) is 2.59. The summed E-state index contributed by atoms with van der Waals surface area (Å²) >= 11 is 3.19. The monoisotopic (exact) mass is 312 g/mol. The van der Waals surface area contributed by atoms with Crippen molar-refractivity contribution in [3.8, 4) is 0 Å². The summed E-state index contributed by atoms with van der Waals surface area (Å²) in [7, 11) is 0. The SMILES string of the molecule is O=C(NC1CCCC1C(=O)O)c1ccnc(Br)c1. The summed E-state index contributed by atoms with van der Waals surface area (Å²) in [6.45, 7) is 0. The molecule has 6 heteroatoms. The van der Waals surface area contributed by atoms with Crippen LogP contribution in [0, 0.1) is 5.92 Å². The lowest BCUT2D eigenvalue weighted by Crippen LogP contribution is -2.40. The van der Waals surface area contributed by atoms with Gasteiger partial charge in [-0.25, -0.2) is 4.98 Å². The molecule has 1 saturated carbocycles. The smallest absolute Gasteiger partial charge is 0.308 e. The molecule has 1 amide bonds. The lowest BCUT2D eigenvalue weighted by Gasteiger charge is -2.17. The first-order valence-electron chi connectivity index (χ1n) is 5.73. The fraction of sp³-hybridized carbons (Fsp3) is 0.417. The van der Waals surface area contributed by atoms with Gasteiger partial charge in [0, 0.05) is 17.8 Å². The summed E-state index contributed by atoms with van der Waals surface area (Å²) in [5.41, 5.74) is 0.480. The number of rotatable bonds is 3. The van der Waals surface area contributed by atoms with E-state index >= 15 is 0 Å². The van der Waals surface area contributed by atoms with Gasteiger partial charge >= 0.3 is 5.97 Å². The van der Waals surface area contributed by atoms with E-state index < -0.39 is 11.9 Å². The third-order valence-corrected chi connectivity index (χ3v) is 3.57. The van der Waals surface area contributed by atoms with Crippen molar-refractivity contribution in [2.45, 2.75) is 25.3 Å². The molecular weight excluding hydrogens is 300 g/mol. The third kappa shape index (κ3) is 2.87. The highest BCUT2D eigenvalue weighted by Crippen LogP contribution is 2.26. The van der Waals surface area contributed by atoms with E-state index in [9.17, 15) is 9.59 Å². The summed E-state index contributed by atoms with van der Waals surface area (Å²) in [6.07, 6.45) is 3.71. The Labute approximate surface area is 113 Å². The van der Waals surface area contributed by atoms with Crippen LogP contribution in [-0.2, 0) is 4.79 Å². The van der Waals surface area contributed by atoms with Gasteiger partial charge in [0.05, 0.1) is 5.92 Å². The Hall–Kier alpha value is -1.43. The molecule has 0 saturated heterocycles. The Bertz CT molecular complexity index is 478. The Morgan fingerprint density at radius 1 is 1.44 bits per heavy atom. The van der Waals surface area contributed by atoms with E-state index in [1.807, 2.05) is 0 Å². The standard InChI is InChI=1S/C12H13BrN2O3/c13-10-6-7(4-5-14-10)11(16)15-9-3-1-2-8(9)12(17)18/h4-6,8-9H,1-3H2,(H,15,16)(H,17,18). The average molecular weight is 313 g/mol. The second kappa shape index (κ2) is 5.48. The highest BCUT2D eigenvalue weighted by molar-refractivity contribution is 9.10. The van der Waals surface area contributed by atoms with E-state index in [4.69, 9.17) is 5.11 Å². The minimum absolute atomic E-state index is 0.253. The summed E-state index contributed by atoms with van der Waals surface area (Å²) in [4.78, 5) is 26.9. The number of amides is 1. The molecule has 0 spiro atoms. The highest BCUT2D eigenvalue weighted by Gasteiger charge is 2.33. The highest BCUT2D eigenvalue weighted by atomic mass is 79.9. The number of pyridine rings is 1. The van der Waals surface area contributed by atoms with E-state index in [1.165, 1.54) is 6.20 Å². The van der Waals surface area contributed by atoms with Gasteiger partial charge < -0.3 is 10.4 Å². The van der Waals surface area contributed by atoms with Gasteiger partial charge in [-0.1, -0.05) is 6.42 Å². The number of nitrogens with one attached hydrogen (secondary N) is 1. The van der Waals surface area contributed by atoms with Crippen LogP contribution in [0.25, 0.3) is 0 Å². The molecule has 1 aromatic rings. The van der Waals surface area contributed by atoms with Crippen LogP contribution in [-0.4, -0.2) is 28.0 Å². The molecule has 0 aliphatic heterocycles. The molecule has 1 heterocycles. The summed E-state index contributed by atoms with van der Waals surface area (Å²) in [5.74, 6) is -1.57. The van der Waals surface area contributed by atoms with E-state index in [1.54, 1.807) is 12.1 Å². The molecule has 2 unspecified atom stereocenters. The van der Waals surface area contributed by atoms with Gasteiger partial charge in [0.15, 0.2) is 0 Å². The average Bonchev–Trinajstić information content (AvgIpc) is 2.77. The van der Waals surface area contributed by atoms with Gasteiger partial charge in [-0.05, 0) is 40.9 Å². The topological polar surface area (TPSA) is 79.3 Å². The quantitative estimate of drug-likeness (QED) is 0.834. The zero-order chi connectivity index (χ0) is 13.1. The van der Waals surface area contributed by atoms with Crippen LogP contribution in [0.3, 0.4) is 0 Å². The van der Waals surface area contributed by atoms with Crippen LogP contribution >= 0.6 is 15.9 Å². The maximum absolute atomic E-state index is 12.0. The molecule has 1 aromatic heterocycles. The molecule has 1 aliphatic carbocycles. The lowest BCUT2D eigenvalue weighted by atomic mass is 10.0. The molecule has 1 fully saturated rings. The zero-order valence-corrected chi connectivity index (χ0v) is 11.2. The van der Waals surface area contributed by atoms with E-state index in [0.717, 1.165) is 12.8 Å². The Balaban J connectivity index is 2.05. The molecule has 2 rings (SSSR count). The van der Waals surface area contributed by atoms with Crippen molar-refractivity contribution < 1.29 is 14.7 Å². The summed E-state index contributed by atoms with van der Waals surface area (Å²) in [5, 5.41) is 11.8. The number of nitrogens with zero attached hydrogens (tertiary/aromatic N) is 1. The number of hydrogen-bond acceptors (Lipinski definition) is 3. The molecule has 5 nitrogen and oxygen atoms in total. The van der Waals surface area contributed by atoms with E-state index in [2.05, 4.69) is 26.2 Å². The number of halogens is 1. The van der Waals surface area contributed by atoms with Gasteiger partial charge in [0.2, 0.25) is 0 Å². The van der Waals surface area contributed by atoms with Crippen LogP contribution in [0.2, 0.25) is 0 Å². The first-order chi connectivity index (χ1) is 8.58. The number of carboxylic acids is 1. The number of carbonyl (C=O) groups excluding carboxylic acids is 1. The Morgan fingerprint density at radius 2 is 2.22 bits per heavy atom. The molecule has 18 heavy (non-hydrogen) atoms. The number of carbonyl (C=O) groups is 2. The first kappa shape index (κ1) is 13.0. The second-order valence-corrected chi connectivity index (χ2v) is 5.14. The zero-order valence-electron chi connectivity index (χ0n) is 9.60. The first-order valence-corrected chi connectivity index (χ1v) is 6.52. The summed E-state index contributed by atoms with van der Waals surface area (Å²) in [6, 6.07) is 2.94. The maximum atomic E-state index is 12.0. The minimum atomic E-state index is -0.839. The van der Waals surface area contributed by atoms with Crippen LogP contribution < -0.4 is 5.32 Å². The van der Waals surface area contributed by atoms with Crippen LogP contribution in [0.4, 0.5) is 0 Å². The number of hydrogen-bond donors (Lipinski definition) is 2. The van der Waals surface area contributed by atoms with Crippen molar-refractivity contribution in [2.24, 2.45) is 5.92 Å². The number of aliphatic carboxylic acids is 1. The molecule has 0 radical (unpaired) electrons. The third-order valence-electron chi connectivity index (χ3n) is 3.14. The van der Waals surface area contributed by atoms with Gasteiger partial charge in [0.1, 0.15) is 4.60 Å². The van der Waals surface area contributed by atoms with E-state index in [0.29, 0.717) is 16.6 Å². The van der Waals surface area contributed by atoms with Crippen molar-refractivity contribution in [1.29, 1.82) is 0 Å². The largest absolute Gasteiger partial charge is 0.481 e. The number of carboxylic acid groups (broad SMARTS) is 1. The molecule has 0 aromatic carbocycles. The van der Waals surface area contributed by atoms with Gasteiger partial charge in [-0.2, -0.15) is 0 Å². The van der Waals surface area contributed by atoms with Gasteiger partial charge in [-0.3, -0.25) is 9.59 Å². The van der Waals surface area contributed by atoms with Gasteiger partial charge in [0.25, 0.3) is 5.91 Å². The van der Waals surface area contributed by atoms with Crippen molar-refractivity contribution in [1.82, 2.24) is 10.3 Å². The van der Waals surface area contributed by atoms with Crippen LogP contribution in [0.5, 0.6) is 0 Å². The molecule has 2 N–H and O–H groups in total. The molecular formula is C12H13BrN2O3. The molecule has 1 aliphatic rings. The summed E-state index contributed by atoms with van der Waals surface area (Å²) < 4.78 is 0.580. The van der Waals surface area contributed by atoms with Gasteiger partial charge in [-0.15, -0.1) is 0 Å². The lowest BCUT2D eigenvalue weighted by molar-refractivity contribution is -0.142. The van der Waals surface area contributed by atoms with Crippen molar-refractivity contribution in [3.63, 3.8) is 0 Å². The maximum Gasteiger partial charge on any atom is 0.308 e. The van der Waals surface area contributed by atoms with Crippen LogP contribution in [0.1, 0.15) is 29.6 Å². The van der Waals surface area contributed by atoms with E-state index in [-0.39, 0.29) is 11.9 Å². The van der Waals surface area contributed by atoms with Crippen molar-refractivity contribution in [3.05, 3.63) is 28.5 Å². The van der Waals surface area contributed by atoms with Crippen molar-refractivity contribution >= 4 is 27.8 Å². The molecule has 2 atom stereocenters. The second-order valence-electron chi connectivity index (χ2n) is 4.32. The van der Waals surface area contributed by atoms with Crippen LogP contribution in [0.15, 0.2) is 22.9 Å². The van der Waals surface area contributed by atoms with Crippen molar-refractivity contribution in [2.75, 3.05) is 0 Å². The predicted molar refractivity (Wildman–Crippen MR) is 68.2 cm³/mol. The fourth-order valence-electron chi connectivity index (χ4n) is 2.22.